The van der Waals surface area contributed by atoms with Crippen LogP contribution in [0.15, 0.2) is 171 Å². The molecule has 0 aliphatic rings. The zero-order valence-corrected chi connectivity index (χ0v) is 45.0. The molecule has 70 heavy (non-hydrogen) atoms. The summed E-state index contributed by atoms with van der Waals surface area (Å²) < 4.78 is 22.2. The van der Waals surface area contributed by atoms with Gasteiger partial charge in [0.25, 0.3) is 0 Å². The topological polar surface area (TPSA) is 77.5 Å². The van der Waals surface area contributed by atoms with E-state index in [-0.39, 0.29) is 23.3 Å². The first-order valence-corrected chi connectivity index (χ1v) is 30.3. The smallest absolute Gasteiger partial charge is 0.330 e. The molecule has 0 radical (unpaired) electrons. The minimum absolute atomic E-state index is 0.216. The second-order valence-corrected chi connectivity index (χ2v) is 31.4. The Bertz CT molecular complexity index is 2480. The number of nitrogens with zero attached hydrogens (tertiary/aromatic N) is 2. The maximum absolute atomic E-state index is 11.4. The number of benzene rings is 6. The molecule has 0 aliphatic heterocycles. The van der Waals surface area contributed by atoms with E-state index in [1.54, 1.807) is 0 Å². The van der Waals surface area contributed by atoms with Crippen molar-refractivity contribution in [2.24, 2.45) is 0 Å². The van der Waals surface area contributed by atoms with Crippen molar-refractivity contribution in [1.29, 1.82) is 0 Å². The maximum atomic E-state index is 11.4. The van der Waals surface area contributed by atoms with E-state index in [1.165, 1.54) is 22.5 Å². The van der Waals surface area contributed by atoms with Gasteiger partial charge >= 0.3 is 11.9 Å². The lowest BCUT2D eigenvalue weighted by Crippen LogP contribution is -2.49. The Kier molecular flexibility index (Phi) is 17.2. The SMILES string of the molecule is C=CC(=O)OCCCOc1ccc(N(c2ccc(-c3ccc(N(c4ccc(OCCCOC(=O)C=C)cc4)c4ccc([Si](C)(C)C(C)(C)C)cc4)cc3)cc2)c2ccc([Si](C)(C)C(C)(C)C)cc2)cc1. The van der Waals surface area contributed by atoms with E-state index in [4.69, 9.17) is 18.9 Å². The van der Waals surface area contributed by atoms with E-state index in [0.717, 1.165) is 56.8 Å². The molecule has 0 unspecified atom stereocenters. The fourth-order valence-corrected chi connectivity index (χ4v) is 11.5. The molecule has 0 fully saturated rings. The standard InChI is InChI=1S/C60H72N2O6Si2/c1-13-57(63)67-43-15-41-65-53-33-25-49(26-34-53)61(51-29-37-55(38-30-51)69(9,10)59(3,4)5)47-21-17-45(18-22-47)46-19-23-48(24-20-46)62(52-31-39-56(40-32-52)70(11,12)60(6,7)8)50-27-35-54(36-28-50)66-42-16-44-68-58(64)14-2/h13-14,17-40H,1-2,15-16,41-44H2,3-12H3. The van der Waals surface area contributed by atoms with Crippen LogP contribution in [0.4, 0.5) is 34.1 Å². The van der Waals surface area contributed by atoms with Crippen molar-refractivity contribution in [1.82, 2.24) is 0 Å². The minimum Gasteiger partial charge on any atom is -0.493 e. The number of carbonyl (C=O) groups excluding carboxylic acids is 2. The summed E-state index contributed by atoms with van der Waals surface area (Å²) in [4.78, 5) is 27.4. The molecule has 0 amide bonds. The molecule has 0 bridgehead atoms. The van der Waals surface area contributed by atoms with E-state index in [9.17, 15) is 9.59 Å². The third-order valence-corrected chi connectivity index (χ3v) is 25.2. The highest BCUT2D eigenvalue weighted by Gasteiger charge is 2.37. The molecule has 0 N–H and O–H groups in total. The molecule has 0 spiro atoms. The van der Waals surface area contributed by atoms with Crippen LogP contribution in [0.5, 0.6) is 11.5 Å². The van der Waals surface area contributed by atoms with E-state index in [2.05, 4.69) is 212 Å². The fraction of sp³-hybridized carbons (Fsp3) is 0.300. The normalized spacial score (nSPS) is 11.9. The zero-order chi connectivity index (χ0) is 50.7. The summed E-state index contributed by atoms with van der Waals surface area (Å²) in [6, 6.07) is 52.1. The molecule has 6 aromatic carbocycles. The summed E-state index contributed by atoms with van der Waals surface area (Å²) in [6.07, 6.45) is 3.50. The van der Waals surface area contributed by atoms with Crippen LogP contribution in [0.25, 0.3) is 11.1 Å². The predicted molar refractivity (Wildman–Crippen MR) is 297 cm³/mol. The lowest BCUT2D eigenvalue weighted by atomic mass is 10.0. The second-order valence-electron chi connectivity index (χ2n) is 20.7. The second kappa shape index (κ2) is 22.9. The zero-order valence-electron chi connectivity index (χ0n) is 43.0. The molecule has 6 aromatic rings. The average Bonchev–Trinajstić information content (AvgIpc) is 3.34. The van der Waals surface area contributed by atoms with Crippen LogP contribution < -0.4 is 29.6 Å². The van der Waals surface area contributed by atoms with Crippen molar-refractivity contribution in [3.63, 3.8) is 0 Å². The van der Waals surface area contributed by atoms with Crippen LogP contribution in [0.2, 0.25) is 36.3 Å². The Balaban J connectivity index is 1.27. The summed E-state index contributed by atoms with van der Waals surface area (Å²) in [5.41, 5.74) is 8.44. The lowest BCUT2D eigenvalue weighted by molar-refractivity contribution is -0.138. The summed E-state index contributed by atoms with van der Waals surface area (Å²) in [7, 11) is -3.49. The summed E-state index contributed by atoms with van der Waals surface area (Å²) >= 11 is 0. The van der Waals surface area contributed by atoms with Crippen molar-refractivity contribution in [2.75, 3.05) is 36.2 Å². The molecule has 0 saturated heterocycles. The van der Waals surface area contributed by atoms with Crippen molar-refractivity contribution in [2.45, 2.75) is 90.6 Å². The molecular formula is C60H72N2O6Si2. The first-order valence-electron chi connectivity index (χ1n) is 24.3. The van der Waals surface area contributed by atoms with Gasteiger partial charge in [0.2, 0.25) is 0 Å². The summed E-state index contributed by atoms with van der Waals surface area (Å²) in [6.45, 7) is 32.2. The first-order chi connectivity index (χ1) is 33.2. The highest BCUT2D eigenvalue weighted by atomic mass is 28.3. The highest BCUT2D eigenvalue weighted by Crippen LogP contribution is 2.41. The van der Waals surface area contributed by atoms with Crippen LogP contribution >= 0.6 is 0 Å². The van der Waals surface area contributed by atoms with Crippen molar-refractivity contribution < 1.29 is 28.5 Å². The van der Waals surface area contributed by atoms with Gasteiger partial charge in [0.15, 0.2) is 0 Å². The quantitative estimate of drug-likeness (QED) is 0.0306. The van der Waals surface area contributed by atoms with Gasteiger partial charge in [0, 0.05) is 59.1 Å². The number of esters is 2. The monoisotopic (exact) mass is 972 g/mol. The number of rotatable bonds is 21. The molecule has 366 valence electrons. The molecule has 0 atom stereocenters. The van der Waals surface area contributed by atoms with Crippen LogP contribution in [-0.2, 0) is 19.1 Å². The Morgan fingerprint density at radius 3 is 0.943 bits per heavy atom. The van der Waals surface area contributed by atoms with Crippen molar-refractivity contribution in [3.05, 3.63) is 171 Å². The molecular weight excluding hydrogens is 901 g/mol. The Labute approximate surface area is 419 Å². The minimum atomic E-state index is -1.74. The number of ether oxygens (including phenoxy) is 4. The molecule has 6 rings (SSSR count). The first kappa shape index (κ1) is 52.7. The van der Waals surface area contributed by atoms with Gasteiger partial charge < -0.3 is 28.7 Å². The van der Waals surface area contributed by atoms with Crippen LogP contribution in [0.3, 0.4) is 0 Å². The van der Waals surface area contributed by atoms with Crippen LogP contribution in [-0.4, -0.2) is 54.5 Å². The van der Waals surface area contributed by atoms with Crippen LogP contribution in [0.1, 0.15) is 54.4 Å². The van der Waals surface area contributed by atoms with Gasteiger partial charge in [0.05, 0.1) is 42.6 Å². The maximum Gasteiger partial charge on any atom is 0.330 e. The Hall–Kier alpha value is -6.63. The number of anilines is 6. The van der Waals surface area contributed by atoms with Crippen molar-refractivity contribution in [3.8, 4) is 22.6 Å². The van der Waals surface area contributed by atoms with Gasteiger partial charge in [-0.1, -0.05) is 140 Å². The summed E-state index contributed by atoms with van der Waals surface area (Å²) in [5, 5.41) is 3.29. The average molecular weight is 973 g/mol. The highest BCUT2D eigenvalue weighted by molar-refractivity contribution is 6.92. The number of hydrogen-bond donors (Lipinski definition) is 0. The molecule has 10 heteroatoms. The molecule has 0 heterocycles. The van der Waals surface area contributed by atoms with Gasteiger partial charge in [-0.15, -0.1) is 0 Å². The third-order valence-electron chi connectivity index (χ3n) is 14.2. The Morgan fingerprint density at radius 2 is 0.686 bits per heavy atom. The van der Waals surface area contributed by atoms with Gasteiger partial charge in [0.1, 0.15) is 11.5 Å². The molecule has 0 saturated carbocycles. The predicted octanol–water partition coefficient (Wildman–Crippen LogP) is 14.7. The number of carbonyl (C=O) groups is 2. The van der Waals surface area contributed by atoms with Gasteiger partial charge in [-0.2, -0.15) is 0 Å². The van der Waals surface area contributed by atoms with Gasteiger partial charge in [-0.05, 0) is 118 Å². The van der Waals surface area contributed by atoms with E-state index in [0.29, 0.717) is 26.1 Å². The lowest BCUT2D eigenvalue weighted by Gasteiger charge is -2.37. The van der Waals surface area contributed by atoms with Crippen molar-refractivity contribution >= 4 is 72.6 Å². The number of hydrogen-bond acceptors (Lipinski definition) is 8. The van der Waals surface area contributed by atoms with E-state index < -0.39 is 28.1 Å². The fourth-order valence-electron chi connectivity index (χ4n) is 7.76. The third kappa shape index (κ3) is 13.0. The Morgan fingerprint density at radius 1 is 0.429 bits per heavy atom. The van der Waals surface area contributed by atoms with Gasteiger partial charge in [-0.25, -0.2) is 9.59 Å². The summed E-state index contributed by atoms with van der Waals surface area (Å²) in [5.74, 6) is 0.632. The van der Waals surface area contributed by atoms with E-state index in [1.807, 2.05) is 24.3 Å². The van der Waals surface area contributed by atoms with Gasteiger partial charge in [-0.3, -0.25) is 0 Å². The molecule has 8 nitrogen and oxygen atoms in total. The molecule has 0 aliphatic carbocycles. The van der Waals surface area contributed by atoms with Crippen LogP contribution in [0, 0.1) is 0 Å². The molecule has 0 aromatic heterocycles. The van der Waals surface area contributed by atoms with E-state index >= 15 is 0 Å². The largest absolute Gasteiger partial charge is 0.493 e.